The molecule has 1 aliphatic rings. The zero-order valence-corrected chi connectivity index (χ0v) is 11.9. The lowest BCUT2D eigenvalue weighted by Gasteiger charge is -2.29. The molecule has 3 atom stereocenters. The number of aliphatic hydroxyl groups excluding tert-OH is 1. The number of benzene rings is 1. The minimum Gasteiger partial charge on any atom is -0.406 e. The monoisotopic (exact) mass is 303 g/mol. The van der Waals surface area contributed by atoms with Gasteiger partial charge in [0, 0.05) is 6.04 Å². The second-order valence-corrected chi connectivity index (χ2v) is 5.65. The van der Waals surface area contributed by atoms with Crippen molar-refractivity contribution in [3.63, 3.8) is 0 Å². The molecule has 6 heteroatoms. The number of piperidine rings is 1. The highest BCUT2D eigenvalue weighted by atomic mass is 19.4. The molecule has 1 aromatic carbocycles. The minimum absolute atomic E-state index is 0.245. The van der Waals surface area contributed by atoms with Crippen LogP contribution in [0.5, 0.6) is 5.75 Å². The van der Waals surface area contributed by atoms with Gasteiger partial charge in [0.1, 0.15) is 5.75 Å². The molecule has 0 aliphatic carbocycles. The second-order valence-electron chi connectivity index (χ2n) is 5.65. The van der Waals surface area contributed by atoms with E-state index in [1.54, 1.807) is 0 Å². The van der Waals surface area contributed by atoms with Crippen molar-refractivity contribution in [1.82, 2.24) is 5.32 Å². The molecule has 0 radical (unpaired) electrons. The van der Waals surface area contributed by atoms with Gasteiger partial charge in [0.15, 0.2) is 0 Å². The van der Waals surface area contributed by atoms with Crippen molar-refractivity contribution in [3.05, 3.63) is 29.8 Å². The van der Waals surface area contributed by atoms with Gasteiger partial charge in [-0.05, 0) is 49.4 Å². The highest BCUT2D eigenvalue weighted by Crippen LogP contribution is 2.27. The van der Waals surface area contributed by atoms with E-state index in [9.17, 15) is 18.3 Å². The number of alkyl halides is 3. The predicted molar refractivity (Wildman–Crippen MR) is 72.9 cm³/mol. The predicted octanol–water partition coefficient (Wildman–Crippen LogP) is 3.40. The summed E-state index contributed by atoms with van der Waals surface area (Å²) < 4.78 is 40.0. The van der Waals surface area contributed by atoms with Gasteiger partial charge in [-0.2, -0.15) is 0 Å². The fourth-order valence-electron chi connectivity index (χ4n) is 2.70. The Kier molecular flexibility index (Phi) is 5.11. The van der Waals surface area contributed by atoms with E-state index in [1.165, 1.54) is 24.3 Å². The first-order valence-electron chi connectivity index (χ1n) is 7.10. The van der Waals surface area contributed by atoms with Crippen LogP contribution < -0.4 is 10.1 Å². The Morgan fingerprint density at radius 2 is 2.00 bits per heavy atom. The smallest absolute Gasteiger partial charge is 0.406 e. The third-order valence-corrected chi connectivity index (χ3v) is 3.76. The summed E-state index contributed by atoms with van der Waals surface area (Å²) in [6.45, 7) is 3.13. The van der Waals surface area contributed by atoms with Crippen LogP contribution in [0, 0.1) is 5.92 Å². The lowest BCUT2D eigenvalue weighted by Crippen LogP contribution is -2.38. The normalized spacial score (nSPS) is 24.6. The van der Waals surface area contributed by atoms with Gasteiger partial charge in [0.2, 0.25) is 0 Å². The van der Waals surface area contributed by atoms with Crippen LogP contribution in [0.25, 0.3) is 0 Å². The molecule has 0 amide bonds. The lowest BCUT2D eigenvalue weighted by atomic mass is 9.90. The molecule has 1 aromatic rings. The Balaban J connectivity index is 1.91. The average Bonchev–Trinajstić information content (AvgIpc) is 2.37. The van der Waals surface area contributed by atoms with E-state index in [4.69, 9.17) is 0 Å². The second kappa shape index (κ2) is 6.66. The van der Waals surface area contributed by atoms with E-state index in [1.807, 2.05) is 0 Å². The molecule has 118 valence electrons. The van der Waals surface area contributed by atoms with Crippen molar-refractivity contribution in [1.29, 1.82) is 0 Å². The molecule has 1 aliphatic heterocycles. The molecule has 0 saturated carbocycles. The summed E-state index contributed by atoms with van der Waals surface area (Å²) in [6.07, 6.45) is -2.68. The minimum atomic E-state index is -4.69. The molecule has 0 aromatic heterocycles. The Bertz CT molecular complexity index is 447. The van der Waals surface area contributed by atoms with Crippen LogP contribution in [0.1, 0.15) is 37.9 Å². The molecular weight excluding hydrogens is 283 g/mol. The number of rotatable bonds is 4. The average molecular weight is 303 g/mol. The largest absolute Gasteiger partial charge is 0.573 e. The number of halogens is 3. The van der Waals surface area contributed by atoms with Crippen LogP contribution in [-0.2, 0) is 0 Å². The zero-order chi connectivity index (χ0) is 15.5. The summed E-state index contributed by atoms with van der Waals surface area (Å²) in [4.78, 5) is 0. The van der Waals surface area contributed by atoms with Crippen LogP contribution in [0.3, 0.4) is 0 Å². The number of aliphatic hydroxyl groups is 1. The number of nitrogens with one attached hydrogen (secondary N) is 1. The Hall–Kier alpha value is -1.27. The lowest BCUT2D eigenvalue weighted by molar-refractivity contribution is -0.274. The van der Waals surface area contributed by atoms with E-state index in [-0.39, 0.29) is 11.8 Å². The fraction of sp³-hybridized carbons (Fsp3) is 0.600. The van der Waals surface area contributed by atoms with Crippen molar-refractivity contribution in [2.24, 2.45) is 5.92 Å². The Morgan fingerprint density at radius 3 is 2.57 bits per heavy atom. The standard InChI is InChI=1S/C15H20F3NO2/c1-10-6-7-19-12(8-10)9-14(20)11-2-4-13(5-3-11)21-15(16,17)18/h2-5,10,12,14,19-20H,6-9H2,1H3. The van der Waals surface area contributed by atoms with Crippen LogP contribution in [0.4, 0.5) is 13.2 Å². The first kappa shape index (κ1) is 16.1. The van der Waals surface area contributed by atoms with Crippen molar-refractivity contribution in [3.8, 4) is 5.75 Å². The molecule has 0 spiro atoms. The quantitative estimate of drug-likeness (QED) is 0.896. The van der Waals surface area contributed by atoms with Gasteiger partial charge < -0.3 is 15.2 Å². The zero-order valence-electron chi connectivity index (χ0n) is 11.9. The molecule has 3 nitrogen and oxygen atoms in total. The van der Waals surface area contributed by atoms with E-state index < -0.39 is 12.5 Å². The van der Waals surface area contributed by atoms with Crippen LogP contribution in [0.2, 0.25) is 0 Å². The van der Waals surface area contributed by atoms with Crippen molar-refractivity contribution in [2.75, 3.05) is 6.54 Å². The van der Waals surface area contributed by atoms with E-state index >= 15 is 0 Å². The third-order valence-electron chi connectivity index (χ3n) is 3.76. The first-order valence-corrected chi connectivity index (χ1v) is 7.10. The number of hydrogen-bond donors (Lipinski definition) is 2. The number of hydrogen-bond acceptors (Lipinski definition) is 3. The Labute approximate surface area is 122 Å². The molecule has 3 unspecified atom stereocenters. The van der Waals surface area contributed by atoms with E-state index in [0.29, 0.717) is 17.9 Å². The SMILES string of the molecule is CC1CCNC(CC(O)c2ccc(OC(F)(F)F)cc2)C1. The van der Waals surface area contributed by atoms with Crippen LogP contribution >= 0.6 is 0 Å². The third kappa shape index (κ3) is 5.21. The topological polar surface area (TPSA) is 41.5 Å². The molecule has 2 N–H and O–H groups in total. The molecule has 1 saturated heterocycles. The highest BCUT2D eigenvalue weighted by Gasteiger charge is 2.31. The maximum atomic E-state index is 12.1. The van der Waals surface area contributed by atoms with Gasteiger partial charge in [0.05, 0.1) is 6.10 Å². The summed E-state index contributed by atoms with van der Waals surface area (Å²) in [7, 11) is 0. The number of ether oxygens (including phenoxy) is 1. The van der Waals surface area contributed by atoms with Crippen molar-refractivity contribution in [2.45, 2.75) is 44.7 Å². The van der Waals surface area contributed by atoms with Gasteiger partial charge in [-0.1, -0.05) is 19.1 Å². The summed E-state index contributed by atoms with van der Waals surface area (Å²) in [5.74, 6) is 0.355. The molecule has 1 heterocycles. The molecule has 1 fully saturated rings. The van der Waals surface area contributed by atoms with Gasteiger partial charge in [-0.3, -0.25) is 0 Å². The maximum absolute atomic E-state index is 12.1. The van der Waals surface area contributed by atoms with Gasteiger partial charge in [0.25, 0.3) is 0 Å². The van der Waals surface area contributed by atoms with E-state index in [0.717, 1.165) is 19.4 Å². The molecule has 21 heavy (non-hydrogen) atoms. The highest BCUT2D eigenvalue weighted by molar-refractivity contribution is 5.28. The maximum Gasteiger partial charge on any atom is 0.573 e. The summed E-state index contributed by atoms with van der Waals surface area (Å²) in [6, 6.07) is 5.64. The van der Waals surface area contributed by atoms with Crippen LogP contribution in [-0.4, -0.2) is 24.1 Å². The Morgan fingerprint density at radius 1 is 1.33 bits per heavy atom. The van der Waals surface area contributed by atoms with Crippen LogP contribution in [0.15, 0.2) is 24.3 Å². The molecule has 0 bridgehead atoms. The fourth-order valence-corrected chi connectivity index (χ4v) is 2.70. The van der Waals surface area contributed by atoms with Crippen molar-refractivity contribution < 1.29 is 23.0 Å². The van der Waals surface area contributed by atoms with Gasteiger partial charge in [-0.15, -0.1) is 13.2 Å². The van der Waals surface area contributed by atoms with Gasteiger partial charge >= 0.3 is 6.36 Å². The van der Waals surface area contributed by atoms with E-state index in [2.05, 4.69) is 17.0 Å². The summed E-state index contributed by atoms with van der Waals surface area (Å²) >= 11 is 0. The molecule has 2 rings (SSSR count). The van der Waals surface area contributed by atoms with Crippen molar-refractivity contribution >= 4 is 0 Å². The first-order chi connectivity index (χ1) is 9.83. The molecular formula is C15H20F3NO2. The summed E-state index contributed by atoms with van der Waals surface area (Å²) in [5.41, 5.74) is 0.601. The summed E-state index contributed by atoms with van der Waals surface area (Å²) in [5, 5.41) is 13.5. The van der Waals surface area contributed by atoms with Gasteiger partial charge in [-0.25, -0.2) is 0 Å².